The lowest BCUT2D eigenvalue weighted by atomic mass is 9.92. The summed E-state index contributed by atoms with van der Waals surface area (Å²) in [4.78, 5) is 0. The van der Waals surface area contributed by atoms with Gasteiger partial charge in [-0.2, -0.15) is 0 Å². The molecule has 0 fully saturated rings. The molecule has 0 aliphatic rings. The lowest BCUT2D eigenvalue weighted by molar-refractivity contribution is 0.519. The fourth-order valence-electron chi connectivity index (χ4n) is 2.77. The van der Waals surface area contributed by atoms with E-state index in [1.54, 1.807) is 0 Å². The minimum Gasteiger partial charge on any atom is -0.319 e. The van der Waals surface area contributed by atoms with Crippen molar-refractivity contribution in [1.82, 2.24) is 5.32 Å². The molecule has 114 valence electrons. The highest BCUT2D eigenvalue weighted by Gasteiger charge is 2.13. The van der Waals surface area contributed by atoms with E-state index < -0.39 is 0 Å². The molecule has 0 radical (unpaired) electrons. The second-order valence-corrected chi connectivity index (χ2v) is 6.09. The normalized spacial score (nSPS) is 12.6. The molecule has 1 aromatic rings. The Labute approximate surface area is 130 Å². The zero-order valence-corrected chi connectivity index (χ0v) is 13.9. The Bertz CT molecular complexity index is 351. The summed E-state index contributed by atoms with van der Waals surface area (Å²) in [5.74, 6) is 0.546. The van der Waals surface area contributed by atoms with Crippen LogP contribution in [0.1, 0.15) is 69.8 Å². The minimum absolute atomic E-state index is 0.546. The van der Waals surface area contributed by atoms with E-state index in [1.165, 1.54) is 56.9 Å². The topological polar surface area (TPSA) is 12.0 Å². The minimum atomic E-state index is 0.546. The Kier molecular flexibility index (Phi) is 9.78. The quantitative estimate of drug-likeness (QED) is 0.510. The molecule has 0 heterocycles. The van der Waals surface area contributed by atoms with Crippen molar-refractivity contribution >= 4 is 11.6 Å². The first-order valence-corrected chi connectivity index (χ1v) is 8.56. The lowest BCUT2D eigenvalue weighted by Crippen LogP contribution is -2.17. The molecule has 0 saturated carbocycles. The van der Waals surface area contributed by atoms with Crippen LogP contribution in [0.25, 0.3) is 0 Å². The summed E-state index contributed by atoms with van der Waals surface area (Å²) in [6.45, 7) is 3.28. The van der Waals surface area contributed by atoms with Gasteiger partial charge in [0, 0.05) is 11.6 Å². The highest BCUT2D eigenvalue weighted by molar-refractivity contribution is 6.31. The molecule has 1 N–H and O–H groups in total. The van der Waals surface area contributed by atoms with Crippen molar-refractivity contribution in [3.05, 3.63) is 34.9 Å². The van der Waals surface area contributed by atoms with Crippen LogP contribution in [0.3, 0.4) is 0 Å². The van der Waals surface area contributed by atoms with Crippen LogP contribution >= 0.6 is 11.6 Å². The second-order valence-electron chi connectivity index (χ2n) is 5.69. The zero-order valence-electron chi connectivity index (χ0n) is 13.1. The van der Waals surface area contributed by atoms with Crippen LogP contribution in [0.4, 0.5) is 0 Å². The average molecular weight is 296 g/mol. The molecule has 1 rings (SSSR count). The number of nitrogens with one attached hydrogen (secondary N) is 1. The Morgan fingerprint density at radius 2 is 1.65 bits per heavy atom. The van der Waals surface area contributed by atoms with Gasteiger partial charge in [-0.15, -0.1) is 0 Å². The predicted molar refractivity (Wildman–Crippen MR) is 90.7 cm³/mol. The predicted octanol–water partition coefficient (Wildman–Crippen LogP) is 5.78. The van der Waals surface area contributed by atoms with Gasteiger partial charge in [-0.05, 0) is 31.0 Å². The van der Waals surface area contributed by atoms with Crippen molar-refractivity contribution in [3.8, 4) is 0 Å². The van der Waals surface area contributed by atoms with Crippen LogP contribution in [0, 0.1) is 0 Å². The van der Waals surface area contributed by atoms with Gasteiger partial charge >= 0.3 is 0 Å². The number of rotatable bonds is 11. The van der Waals surface area contributed by atoms with Gasteiger partial charge in [0.05, 0.1) is 0 Å². The van der Waals surface area contributed by atoms with E-state index in [2.05, 4.69) is 24.4 Å². The van der Waals surface area contributed by atoms with Gasteiger partial charge in [0.1, 0.15) is 0 Å². The highest BCUT2D eigenvalue weighted by atomic mass is 35.5. The van der Waals surface area contributed by atoms with E-state index >= 15 is 0 Å². The number of likely N-dealkylation sites (N-methyl/N-ethyl adjacent to an activating group) is 1. The van der Waals surface area contributed by atoms with Crippen molar-refractivity contribution in [1.29, 1.82) is 0 Å². The average Bonchev–Trinajstić information content (AvgIpc) is 2.46. The van der Waals surface area contributed by atoms with Crippen LogP contribution in [-0.2, 0) is 0 Å². The molecule has 0 aliphatic heterocycles. The molecule has 1 atom stereocenters. The Hall–Kier alpha value is -0.530. The van der Waals surface area contributed by atoms with Gasteiger partial charge in [0.2, 0.25) is 0 Å². The molecule has 0 aromatic heterocycles. The maximum absolute atomic E-state index is 6.32. The van der Waals surface area contributed by atoms with E-state index in [1.807, 2.05) is 19.2 Å². The third-order valence-corrected chi connectivity index (χ3v) is 4.30. The van der Waals surface area contributed by atoms with E-state index in [4.69, 9.17) is 11.6 Å². The lowest BCUT2D eigenvalue weighted by Gasteiger charge is -2.18. The number of hydrogen-bond donors (Lipinski definition) is 1. The molecule has 0 bridgehead atoms. The largest absolute Gasteiger partial charge is 0.319 e. The second kappa shape index (κ2) is 11.2. The summed E-state index contributed by atoms with van der Waals surface area (Å²) in [6, 6.07) is 8.28. The summed E-state index contributed by atoms with van der Waals surface area (Å²) in [5.41, 5.74) is 1.30. The van der Waals surface area contributed by atoms with Gasteiger partial charge in [-0.25, -0.2) is 0 Å². The maximum atomic E-state index is 6.32. The van der Waals surface area contributed by atoms with Gasteiger partial charge in [-0.3, -0.25) is 0 Å². The summed E-state index contributed by atoms with van der Waals surface area (Å²) in [5, 5.41) is 4.22. The molecule has 20 heavy (non-hydrogen) atoms. The molecule has 0 amide bonds. The third kappa shape index (κ3) is 6.76. The SMILES string of the molecule is CCCCCCCCCC(CNC)c1ccccc1Cl. The first kappa shape index (κ1) is 17.5. The van der Waals surface area contributed by atoms with Crippen molar-refractivity contribution in [2.75, 3.05) is 13.6 Å². The van der Waals surface area contributed by atoms with Crippen LogP contribution in [-0.4, -0.2) is 13.6 Å². The highest BCUT2D eigenvalue weighted by Crippen LogP contribution is 2.28. The molecule has 0 spiro atoms. The van der Waals surface area contributed by atoms with E-state index in [0.717, 1.165) is 11.6 Å². The molecular formula is C18H30ClN. The summed E-state index contributed by atoms with van der Waals surface area (Å²) in [7, 11) is 2.02. The standard InChI is InChI=1S/C18H30ClN/c1-3-4-5-6-7-8-9-12-16(15-20-2)17-13-10-11-14-18(17)19/h10-11,13-14,16,20H,3-9,12,15H2,1-2H3. The van der Waals surface area contributed by atoms with E-state index in [0.29, 0.717) is 5.92 Å². The maximum Gasteiger partial charge on any atom is 0.0441 e. The Morgan fingerprint density at radius 1 is 1.00 bits per heavy atom. The van der Waals surface area contributed by atoms with Gasteiger partial charge < -0.3 is 5.32 Å². The Balaban J connectivity index is 2.31. The molecule has 2 heteroatoms. The molecule has 0 saturated heterocycles. The van der Waals surface area contributed by atoms with Crippen molar-refractivity contribution in [2.24, 2.45) is 0 Å². The first-order chi connectivity index (χ1) is 9.79. The first-order valence-electron chi connectivity index (χ1n) is 8.18. The van der Waals surface area contributed by atoms with Crippen LogP contribution in [0.2, 0.25) is 5.02 Å². The summed E-state index contributed by atoms with van der Waals surface area (Å²) < 4.78 is 0. The number of benzene rings is 1. The van der Waals surface area contributed by atoms with Crippen LogP contribution < -0.4 is 5.32 Å². The molecule has 1 nitrogen and oxygen atoms in total. The van der Waals surface area contributed by atoms with Gasteiger partial charge in [-0.1, -0.05) is 81.7 Å². The number of unbranched alkanes of at least 4 members (excludes halogenated alkanes) is 6. The van der Waals surface area contributed by atoms with Crippen LogP contribution in [0.15, 0.2) is 24.3 Å². The zero-order chi connectivity index (χ0) is 14.6. The molecule has 0 aliphatic carbocycles. The van der Waals surface area contributed by atoms with Gasteiger partial charge in [0.25, 0.3) is 0 Å². The number of hydrogen-bond acceptors (Lipinski definition) is 1. The monoisotopic (exact) mass is 295 g/mol. The number of halogens is 1. The molecule has 1 unspecified atom stereocenters. The molecule has 1 aromatic carbocycles. The summed E-state index contributed by atoms with van der Waals surface area (Å²) in [6.07, 6.45) is 10.8. The fraction of sp³-hybridized carbons (Fsp3) is 0.667. The van der Waals surface area contributed by atoms with Crippen molar-refractivity contribution < 1.29 is 0 Å². The molecular weight excluding hydrogens is 266 g/mol. The van der Waals surface area contributed by atoms with Crippen molar-refractivity contribution in [2.45, 2.75) is 64.2 Å². The third-order valence-electron chi connectivity index (χ3n) is 3.95. The summed E-state index contributed by atoms with van der Waals surface area (Å²) >= 11 is 6.32. The van der Waals surface area contributed by atoms with Crippen molar-refractivity contribution in [3.63, 3.8) is 0 Å². The van der Waals surface area contributed by atoms with Gasteiger partial charge in [0.15, 0.2) is 0 Å². The Morgan fingerprint density at radius 3 is 2.30 bits per heavy atom. The van der Waals surface area contributed by atoms with E-state index in [-0.39, 0.29) is 0 Å². The fourth-order valence-corrected chi connectivity index (χ4v) is 3.06. The van der Waals surface area contributed by atoms with Crippen LogP contribution in [0.5, 0.6) is 0 Å². The van der Waals surface area contributed by atoms with E-state index in [9.17, 15) is 0 Å². The smallest absolute Gasteiger partial charge is 0.0441 e.